The van der Waals surface area contributed by atoms with Crippen molar-refractivity contribution in [2.45, 2.75) is 44.0 Å². The molecule has 2 rings (SSSR count). The van der Waals surface area contributed by atoms with Gasteiger partial charge in [-0.2, -0.15) is 0 Å². The van der Waals surface area contributed by atoms with E-state index >= 15 is 0 Å². The van der Waals surface area contributed by atoms with Gasteiger partial charge in [0.05, 0.1) is 24.4 Å². The first kappa shape index (κ1) is 13.4. The summed E-state index contributed by atoms with van der Waals surface area (Å²) in [6.45, 7) is 1.83. The van der Waals surface area contributed by atoms with Gasteiger partial charge in [0.25, 0.3) is 0 Å². The van der Waals surface area contributed by atoms with E-state index in [4.69, 9.17) is 0 Å². The predicted molar refractivity (Wildman–Crippen MR) is 58.3 cm³/mol. The molecule has 0 bridgehead atoms. The molecule has 102 valence electrons. The molecule has 0 amide bonds. The van der Waals surface area contributed by atoms with Crippen LogP contribution in [0.15, 0.2) is 6.20 Å². The zero-order valence-corrected chi connectivity index (χ0v) is 9.83. The van der Waals surface area contributed by atoms with Crippen molar-refractivity contribution in [2.75, 3.05) is 0 Å². The topological polar surface area (TPSA) is 132 Å². The van der Waals surface area contributed by atoms with Crippen LogP contribution in [0.1, 0.15) is 5.69 Å². The predicted octanol–water partition coefficient (Wildman–Crippen LogP) is -2.98. The van der Waals surface area contributed by atoms with Crippen LogP contribution >= 0.6 is 0 Å². The number of aliphatic hydroxyl groups is 5. The van der Waals surface area contributed by atoms with Gasteiger partial charge in [0.2, 0.25) is 0 Å². The molecule has 8 heteroatoms. The minimum Gasteiger partial charge on any atom is -0.390 e. The standard InChI is InChI=1S/C10H17N3O5/c1-4-2-13(12-11-4)3-5-6(14)8(16)10(18)9(17)7(5)15/h2,5-10,14-18H,3H2,1H3/t5?,6-,7-,8+,9+,10?/m1/s1. The number of hydrogen-bond acceptors (Lipinski definition) is 7. The summed E-state index contributed by atoms with van der Waals surface area (Å²) in [5.41, 5.74) is 0.677. The number of rotatable bonds is 2. The number of aliphatic hydroxyl groups excluding tert-OH is 5. The van der Waals surface area contributed by atoms with Gasteiger partial charge in [-0.15, -0.1) is 5.10 Å². The summed E-state index contributed by atoms with van der Waals surface area (Å²) in [4.78, 5) is 0. The van der Waals surface area contributed by atoms with Crippen molar-refractivity contribution < 1.29 is 25.5 Å². The fourth-order valence-corrected chi connectivity index (χ4v) is 2.23. The average molecular weight is 259 g/mol. The van der Waals surface area contributed by atoms with Crippen LogP contribution in [-0.4, -0.2) is 71.0 Å². The Morgan fingerprint density at radius 3 is 1.94 bits per heavy atom. The van der Waals surface area contributed by atoms with Crippen molar-refractivity contribution in [3.8, 4) is 0 Å². The maximum absolute atomic E-state index is 9.82. The van der Waals surface area contributed by atoms with Gasteiger partial charge in [-0.3, -0.25) is 4.68 Å². The minimum absolute atomic E-state index is 0.0873. The van der Waals surface area contributed by atoms with E-state index in [1.54, 1.807) is 13.1 Å². The van der Waals surface area contributed by atoms with Crippen molar-refractivity contribution in [3.05, 3.63) is 11.9 Å². The molecule has 1 aromatic rings. The first-order chi connectivity index (χ1) is 8.41. The van der Waals surface area contributed by atoms with Crippen molar-refractivity contribution in [3.63, 3.8) is 0 Å². The second-order valence-electron chi connectivity index (χ2n) is 4.70. The van der Waals surface area contributed by atoms with Crippen LogP contribution in [0.3, 0.4) is 0 Å². The van der Waals surface area contributed by atoms with Gasteiger partial charge in [0.15, 0.2) is 0 Å². The van der Waals surface area contributed by atoms with Crippen LogP contribution in [0.2, 0.25) is 0 Å². The van der Waals surface area contributed by atoms with Gasteiger partial charge >= 0.3 is 0 Å². The number of hydrogen-bond donors (Lipinski definition) is 5. The Morgan fingerprint density at radius 1 is 1.00 bits per heavy atom. The van der Waals surface area contributed by atoms with E-state index in [2.05, 4.69) is 10.3 Å². The Morgan fingerprint density at radius 2 is 1.50 bits per heavy atom. The SMILES string of the molecule is Cc1cn(CC2[C@@H](O)[C@H](O)C(O)[C@@H](O)[C@@H]2O)nn1. The molecule has 1 aliphatic carbocycles. The van der Waals surface area contributed by atoms with E-state index in [1.807, 2.05) is 0 Å². The molecule has 5 N–H and O–H groups in total. The summed E-state index contributed by atoms with van der Waals surface area (Å²) in [6.07, 6.45) is -5.64. The van der Waals surface area contributed by atoms with Crippen LogP contribution in [0.4, 0.5) is 0 Å². The van der Waals surface area contributed by atoms with Crippen LogP contribution in [0.5, 0.6) is 0 Å². The molecule has 0 aromatic carbocycles. The van der Waals surface area contributed by atoms with Crippen molar-refractivity contribution in [1.29, 1.82) is 0 Å². The molecule has 0 radical (unpaired) electrons. The summed E-state index contributed by atoms with van der Waals surface area (Å²) < 4.78 is 1.41. The minimum atomic E-state index is -1.57. The largest absolute Gasteiger partial charge is 0.390 e. The highest BCUT2D eigenvalue weighted by molar-refractivity contribution is 4.98. The van der Waals surface area contributed by atoms with Gasteiger partial charge in [-0.25, -0.2) is 0 Å². The van der Waals surface area contributed by atoms with Crippen molar-refractivity contribution in [1.82, 2.24) is 15.0 Å². The smallest absolute Gasteiger partial charge is 0.111 e. The fourth-order valence-electron chi connectivity index (χ4n) is 2.23. The van der Waals surface area contributed by atoms with Gasteiger partial charge < -0.3 is 25.5 Å². The molecule has 1 heterocycles. The van der Waals surface area contributed by atoms with Crippen LogP contribution < -0.4 is 0 Å². The summed E-state index contributed by atoms with van der Waals surface area (Å²) in [5.74, 6) is -0.834. The van der Waals surface area contributed by atoms with Gasteiger partial charge in [0.1, 0.15) is 18.3 Å². The van der Waals surface area contributed by atoms with E-state index in [0.29, 0.717) is 5.69 Å². The maximum atomic E-state index is 9.82. The Bertz CT molecular complexity index is 396. The number of aromatic nitrogens is 3. The van der Waals surface area contributed by atoms with E-state index in [0.717, 1.165) is 0 Å². The van der Waals surface area contributed by atoms with E-state index < -0.39 is 36.4 Å². The molecule has 0 aliphatic heterocycles. The summed E-state index contributed by atoms with van der Waals surface area (Å²) in [7, 11) is 0. The highest BCUT2D eigenvalue weighted by atomic mass is 16.4. The first-order valence-corrected chi connectivity index (χ1v) is 5.69. The Labute approximate surface area is 103 Å². The summed E-state index contributed by atoms with van der Waals surface area (Å²) in [6, 6.07) is 0. The molecular weight excluding hydrogens is 242 g/mol. The molecule has 1 aliphatic rings. The quantitative estimate of drug-likeness (QED) is 0.383. The molecular formula is C10H17N3O5. The lowest BCUT2D eigenvalue weighted by molar-refractivity contribution is -0.206. The monoisotopic (exact) mass is 259 g/mol. The van der Waals surface area contributed by atoms with Crippen LogP contribution in [-0.2, 0) is 6.54 Å². The normalized spacial score (nSPS) is 41.0. The molecule has 0 saturated heterocycles. The van der Waals surface area contributed by atoms with Gasteiger partial charge in [-0.1, -0.05) is 5.21 Å². The highest BCUT2D eigenvalue weighted by Crippen LogP contribution is 2.27. The third-order valence-electron chi connectivity index (χ3n) is 3.33. The first-order valence-electron chi connectivity index (χ1n) is 5.69. The average Bonchev–Trinajstić information content (AvgIpc) is 2.75. The lowest BCUT2D eigenvalue weighted by Crippen LogP contribution is -2.61. The van der Waals surface area contributed by atoms with Crippen molar-refractivity contribution in [2.24, 2.45) is 5.92 Å². The van der Waals surface area contributed by atoms with Crippen molar-refractivity contribution >= 4 is 0 Å². The third-order valence-corrected chi connectivity index (χ3v) is 3.33. The zero-order chi connectivity index (χ0) is 13.4. The Balaban J connectivity index is 2.15. The molecule has 0 unspecified atom stereocenters. The lowest BCUT2D eigenvalue weighted by Gasteiger charge is -2.41. The van der Waals surface area contributed by atoms with Crippen LogP contribution in [0, 0.1) is 12.8 Å². The molecule has 8 nitrogen and oxygen atoms in total. The van der Waals surface area contributed by atoms with E-state index in [-0.39, 0.29) is 6.54 Å². The fraction of sp³-hybridized carbons (Fsp3) is 0.800. The Hall–Kier alpha value is -1.06. The molecule has 4 atom stereocenters. The zero-order valence-electron chi connectivity index (χ0n) is 9.83. The molecule has 0 spiro atoms. The van der Waals surface area contributed by atoms with Crippen LogP contribution in [0.25, 0.3) is 0 Å². The number of nitrogens with zero attached hydrogens (tertiary/aromatic N) is 3. The van der Waals surface area contributed by atoms with E-state index in [9.17, 15) is 25.5 Å². The molecule has 1 fully saturated rings. The lowest BCUT2D eigenvalue weighted by atomic mass is 9.78. The molecule has 1 aromatic heterocycles. The van der Waals surface area contributed by atoms with Gasteiger partial charge in [0, 0.05) is 12.1 Å². The number of aryl methyl sites for hydroxylation is 1. The molecule has 1 saturated carbocycles. The maximum Gasteiger partial charge on any atom is 0.111 e. The third kappa shape index (κ3) is 2.25. The second-order valence-corrected chi connectivity index (χ2v) is 4.70. The van der Waals surface area contributed by atoms with E-state index in [1.165, 1.54) is 4.68 Å². The summed E-state index contributed by atoms with van der Waals surface area (Å²) >= 11 is 0. The Kier molecular flexibility index (Phi) is 3.64. The second kappa shape index (κ2) is 4.90. The highest BCUT2D eigenvalue weighted by Gasteiger charge is 2.48. The summed E-state index contributed by atoms with van der Waals surface area (Å²) in [5, 5.41) is 55.7. The molecule has 18 heavy (non-hydrogen) atoms. The van der Waals surface area contributed by atoms with Gasteiger partial charge in [-0.05, 0) is 6.92 Å².